The first-order chi connectivity index (χ1) is 18.0. The number of hydrogen-bond acceptors (Lipinski definition) is 7. The molecular formula is C29H38N6O2. The van der Waals surface area contributed by atoms with Crippen molar-refractivity contribution >= 4 is 11.6 Å². The van der Waals surface area contributed by atoms with E-state index in [0.29, 0.717) is 17.1 Å². The molecule has 0 radical (unpaired) electrons. The molecule has 0 aliphatic carbocycles. The Morgan fingerprint density at radius 3 is 2.62 bits per heavy atom. The maximum Gasteiger partial charge on any atom is 0.276 e. The van der Waals surface area contributed by atoms with Crippen molar-refractivity contribution in [2.24, 2.45) is 5.73 Å². The Kier molecular flexibility index (Phi) is 9.11. The number of nitrogens with two attached hydrogens (primary N) is 2. The Balaban J connectivity index is 1.53. The summed E-state index contributed by atoms with van der Waals surface area (Å²) >= 11 is 0. The summed E-state index contributed by atoms with van der Waals surface area (Å²) in [6, 6.07) is 12.0. The van der Waals surface area contributed by atoms with Crippen LogP contribution in [0.15, 0.2) is 72.6 Å². The number of carbonyl (C=O) groups excluding carboxylic acids is 1. The molecule has 1 amide bonds. The van der Waals surface area contributed by atoms with E-state index >= 15 is 0 Å². The van der Waals surface area contributed by atoms with E-state index in [1.165, 1.54) is 5.56 Å². The third kappa shape index (κ3) is 6.85. The number of nitrogen functional groups attached to an aromatic ring is 1. The van der Waals surface area contributed by atoms with Crippen LogP contribution in [-0.2, 0) is 11.3 Å². The highest BCUT2D eigenvalue weighted by Gasteiger charge is 2.21. The van der Waals surface area contributed by atoms with E-state index in [9.17, 15) is 4.79 Å². The van der Waals surface area contributed by atoms with Crippen LogP contribution in [0, 0.1) is 0 Å². The number of allylic oxidation sites excluding steroid dienone is 3. The number of morpholine rings is 1. The fourth-order valence-corrected chi connectivity index (χ4v) is 4.76. The molecule has 0 spiro atoms. The number of anilines is 1. The molecule has 1 aromatic carbocycles. The first-order valence-corrected chi connectivity index (χ1v) is 13.0. The monoisotopic (exact) mass is 502 g/mol. The molecule has 1 atom stereocenters. The van der Waals surface area contributed by atoms with Gasteiger partial charge in [-0.2, -0.15) is 0 Å². The van der Waals surface area contributed by atoms with Gasteiger partial charge in [0.25, 0.3) is 5.91 Å². The van der Waals surface area contributed by atoms with Gasteiger partial charge in [0.1, 0.15) is 0 Å². The van der Waals surface area contributed by atoms with Crippen LogP contribution < -0.4 is 16.8 Å². The molecule has 1 aromatic heterocycles. The summed E-state index contributed by atoms with van der Waals surface area (Å²) in [5, 5.41) is 2.98. The highest BCUT2D eigenvalue weighted by Crippen LogP contribution is 2.23. The number of nitrogens with one attached hydrogen (secondary N) is 1. The smallest absolute Gasteiger partial charge is 0.276 e. The molecule has 2 aliphatic heterocycles. The Bertz CT molecular complexity index is 1150. The number of aromatic nitrogens is 1. The summed E-state index contributed by atoms with van der Waals surface area (Å²) in [5.41, 5.74) is 17.2. The lowest BCUT2D eigenvalue weighted by atomic mass is 10.1. The van der Waals surface area contributed by atoms with E-state index in [2.05, 4.69) is 38.8 Å². The number of likely N-dealkylation sites (tertiary alicyclic amines) is 1. The van der Waals surface area contributed by atoms with Crippen LogP contribution >= 0.6 is 0 Å². The summed E-state index contributed by atoms with van der Waals surface area (Å²) in [6.07, 6.45) is 7.57. The van der Waals surface area contributed by atoms with Crippen molar-refractivity contribution in [2.75, 3.05) is 45.1 Å². The molecule has 196 valence electrons. The summed E-state index contributed by atoms with van der Waals surface area (Å²) in [7, 11) is 0. The van der Waals surface area contributed by atoms with Crippen molar-refractivity contribution in [3.05, 3.63) is 83.9 Å². The average molecular weight is 503 g/mol. The van der Waals surface area contributed by atoms with Crippen LogP contribution in [0.25, 0.3) is 11.3 Å². The van der Waals surface area contributed by atoms with Crippen molar-refractivity contribution < 1.29 is 9.53 Å². The van der Waals surface area contributed by atoms with E-state index in [-0.39, 0.29) is 17.6 Å². The minimum atomic E-state index is -0.374. The number of carbonyl (C=O) groups is 1. The Labute approximate surface area is 219 Å². The van der Waals surface area contributed by atoms with Gasteiger partial charge in [0.15, 0.2) is 5.69 Å². The van der Waals surface area contributed by atoms with Gasteiger partial charge in [0.05, 0.1) is 36.0 Å². The standard InChI is InChI=1S/C29H38N6O2/c1-3-6-27(35-14-5-7-23(30)20-35)25(4-2)33-29(36)28-24(31)12-13-26(32-28)22-10-8-21(9-11-22)19-34-15-17-37-18-16-34/h3-4,6,8-13,23H,2,5,7,14-20,30-31H2,1H3,(H,33,36)/b6-3-,27-25-/t23-/m0/s1. The van der Waals surface area contributed by atoms with Crippen LogP contribution in [0.1, 0.15) is 35.8 Å². The van der Waals surface area contributed by atoms with Gasteiger partial charge in [-0.1, -0.05) is 36.9 Å². The fourth-order valence-electron chi connectivity index (χ4n) is 4.76. The molecule has 2 aliphatic rings. The lowest BCUT2D eigenvalue weighted by molar-refractivity contribution is 0.0342. The number of pyridine rings is 1. The maximum atomic E-state index is 13.3. The second-order valence-corrected chi connectivity index (χ2v) is 9.53. The molecule has 0 unspecified atom stereocenters. The zero-order valence-corrected chi connectivity index (χ0v) is 21.7. The molecule has 5 N–H and O–H groups in total. The second kappa shape index (κ2) is 12.7. The maximum absolute atomic E-state index is 13.3. The van der Waals surface area contributed by atoms with Crippen LogP contribution in [0.5, 0.6) is 0 Å². The van der Waals surface area contributed by atoms with E-state index in [1.54, 1.807) is 12.1 Å². The Morgan fingerprint density at radius 2 is 1.95 bits per heavy atom. The molecule has 0 saturated carbocycles. The van der Waals surface area contributed by atoms with Gasteiger partial charge < -0.3 is 26.4 Å². The van der Waals surface area contributed by atoms with Crippen LogP contribution in [0.2, 0.25) is 0 Å². The summed E-state index contributed by atoms with van der Waals surface area (Å²) in [6.45, 7) is 11.8. The van der Waals surface area contributed by atoms with Gasteiger partial charge in [0.2, 0.25) is 0 Å². The highest BCUT2D eigenvalue weighted by molar-refractivity contribution is 5.99. The lowest BCUT2D eigenvalue weighted by Gasteiger charge is -2.34. The van der Waals surface area contributed by atoms with E-state index < -0.39 is 0 Å². The van der Waals surface area contributed by atoms with Crippen molar-refractivity contribution in [2.45, 2.75) is 32.4 Å². The van der Waals surface area contributed by atoms with Crippen molar-refractivity contribution in [1.29, 1.82) is 0 Å². The first kappa shape index (κ1) is 26.6. The van der Waals surface area contributed by atoms with Gasteiger partial charge in [-0.3, -0.25) is 9.69 Å². The quantitative estimate of drug-likeness (QED) is 0.475. The van der Waals surface area contributed by atoms with E-state index in [1.807, 2.05) is 37.3 Å². The molecule has 8 heteroatoms. The number of piperidine rings is 1. The highest BCUT2D eigenvalue weighted by atomic mass is 16.5. The molecule has 4 rings (SSSR count). The molecule has 3 heterocycles. The fraction of sp³-hybridized carbons (Fsp3) is 0.379. The SMILES string of the molecule is C=C/C(NC(=O)c1nc(-c2ccc(CN3CCOCC3)cc2)ccc1N)=C(\C=C/C)N1CCC[C@H](N)C1. The molecule has 2 aromatic rings. The number of nitrogens with zero attached hydrogens (tertiary/aromatic N) is 3. The minimum absolute atomic E-state index is 0.102. The van der Waals surface area contributed by atoms with Gasteiger partial charge in [-0.15, -0.1) is 0 Å². The molecule has 0 bridgehead atoms. The lowest BCUT2D eigenvalue weighted by Crippen LogP contribution is -2.43. The van der Waals surface area contributed by atoms with Gasteiger partial charge in [-0.05, 0) is 49.6 Å². The predicted octanol–water partition coefficient (Wildman–Crippen LogP) is 3.29. The third-order valence-corrected chi connectivity index (χ3v) is 6.75. The minimum Gasteiger partial charge on any atom is -0.397 e. The zero-order chi connectivity index (χ0) is 26.2. The number of amides is 1. The van der Waals surface area contributed by atoms with E-state index in [0.717, 1.165) is 70.0 Å². The zero-order valence-electron chi connectivity index (χ0n) is 21.7. The topological polar surface area (TPSA) is 110 Å². The van der Waals surface area contributed by atoms with Gasteiger partial charge >= 0.3 is 0 Å². The number of benzene rings is 1. The van der Waals surface area contributed by atoms with E-state index in [4.69, 9.17) is 16.2 Å². The number of ether oxygens (including phenoxy) is 1. The van der Waals surface area contributed by atoms with Gasteiger partial charge in [0, 0.05) is 44.3 Å². The summed E-state index contributed by atoms with van der Waals surface area (Å²) < 4.78 is 5.43. The largest absolute Gasteiger partial charge is 0.397 e. The average Bonchev–Trinajstić information content (AvgIpc) is 2.92. The van der Waals surface area contributed by atoms with Crippen LogP contribution in [-0.4, -0.2) is 66.1 Å². The molecule has 37 heavy (non-hydrogen) atoms. The van der Waals surface area contributed by atoms with Crippen LogP contribution in [0.3, 0.4) is 0 Å². The Morgan fingerprint density at radius 1 is 1.19 bits per heavy atom. The van der Waals surface area contributed by atoms with Crippen molar-refractivity contribution in [3.8, 4) is 11.3 Å². The Hall–Kier alpha value is -3.46. The second-order valence-electron chi connectivity index (χ2n) is 9.53. The summed E-state index contributed by atoms with van der Waals surface area (Å²) in [5.74, 6) is -0.374. The first-order valence-electron chi connectivity index (χ1n) is 13.0. The molecule has 8 nitrogen and oxygen atoms in total. The summed E-state index contributed by atoms with van der Waals surface area (Å²) in [4.78, 5) is 22.5. The van der Waals surface area contributed by atoms with Crippen LogP contribution in [0.4, 0.5) is 5.69 Å². The van der Waals surface area contributed by atoms with Crippen molar-refractivity contribution in [3.63, 3.8) is 0 Å². The van der Waals surface area contributed by atoms with Crippen molar-refractivity contribution in [1.82, 2.24) is 20.1 Å². The number of hydrogen-bond donors (Lipinski definition) is 3. The normalized spacial score (nSPS) is 19.5. The third-order valence-electron chi connectivity index (χ3n) is 6.75. The predicted molar refractivity (Wildman–Crippen MR) is 148 cm³/mol. The number of rotatable bonds is 8. The molecule has 2 fully saturated rings. The molecule has 2 saturated heterocycles. The molecular weight excluding hydrogens is 464 g/mol. The van der Waals surface area contributed by atoms with Gasteiger partial charge in [-0.25, -0.2) is 4.98 Å².